The fourth-order valence-corrected chi connectivity index (χ4v) is 1.63. The SMILES string of the molecule is CCNc1nc(N(CC)CC)nc(N(C)C(C)C)n1. The van der Waals surface area contributed by atoms with Gasteiger partial charge in [-0.2, -0.15) is 15.0 Å². The van der Waals surface area contributed by atoms with Gasteiger partial charge in [-0.1, -0.05) is 0 Å². The van der Waals surface area contributed by atoms with Crippen LogP contribution in [0, 0.1) is 0 Å². The summed E-state index contributed by atoms with van der Waals surface area (Å²) in [5.41, 5.74) is 0. The Hall–Kier alpha value is -1.59. The maximum absolute atomic E-state index is 4.57. The molecule has 0 saturated carbocycles. The number of nitrogens with one attached hydrogen (secondary N) is 1. The smallest absolute Gasteiger partial charge is 0.231 e. The number of rotatable bonds is 7. The lowest BCUT2D eigenvalue weighted by molar-refractivity contribution is 0.718. The van der Waals surface area contributed by atoms with Crippen LogP contribution in [0.2, 0.25) is 0 Å². The highest BCUT2D eigenvalue weighted by molar-refractivity contribution is 5.45. The zero-order chi connectivity index (χ0) is 14.4. The molecule has 1 heterocycles. The molecule has 1 aromatic heterocycles. The average molecular weight is 266 g/mol. The van der Waals surface area contributed by atoms with E-state index in [1.807, 2.05) is 14.0 Å². The van der Waals surface area contributed by atoms with E-state index < -0.39 is 0 Å². The molecule has 6 nitrogen and oxygen atoms in total. The lowest BCUT2D eigenvalue weighted by Crippen LogP contribution is -2.30. The highest BCUT2D eigenvalue weighted by Crippen LogP contribution is 2.17. The Bertz CT molecular complexity index is 368. The van der Waals surface area contributed by atoms with Crippen LogP contribution in [0.15, 0.2) is 0 Å². The standard InChI is InChI=1S/C13H26N6/c1-7-14-11-15-12(18(6)10(4)5)17-13(16-11)19(8-2)9-3/h10H,7-9H2,1-6H3,(H,14,15,16,17). The zero-order valence-electron chi connectivity index (χ0n) is 12.9. The Morgan fingerprint density at radius 2 is 1.58 bits per heavy atom. The van der Waals surface area contributed by atoms with Crippen LogP contribution in [0.4, 0.5) is 17.8 Å². The first-order valence-corrected chi connectivity index (χ1v) is 7.01. The number of aromatic nitrogens is 3. The molecule has 1 N–H and O–H groups in total. The van der Waals surface area contributed by atoms with E-state index in [1.54, 1.807) is 0 Å². The van der Waals surface area contributed by atoms with E-state index in [0.29, 0.717) is 17.9 Å². The quantitative estimate of drug-likeness (QED) is 0.814. The van der Waals surface area contributed by atoms with Gasteiger partial charge in [0.05, 0.1) is 0 Å². The highest BCUT2D eigenvalue weighted by Gasteiger charge is 2.15. The van der Waals surface area contributed by atoms with Gasteiger partial charge >= 0.3 is 0 Å². The molecule has 1 rings (SSSR count). The van der Waals surface area contributed by atoms with Gasteiger partial charge in [0, 0.05) is 32.7 Å². The number of anilines is 3. The molecule has 0 saturated heterocycles. The summed E-state index contributed by atoms with van der Waals surface area (Å²) in [5.74, 6) is 2.09. The van der Waals surface area contributed by atoms with Crippen LogP contribution >= 0.6 is 0 Å². The summed E-state index contributed by atoms with van der Waals surface area (Å²) in [4.78, 5) is 17.7. The van der Waals surface area contributed by atoms with Gasteiger partial charge in [0.15, 0.2) is 0 Å². The van der Waals surface area contributed by atoms with Crippen LogP contribution in [0.25, 0.3) is 0 Å². The predicted octanol–water partition coefficient (Wildman–Crippen LogP) is 1.99. The molecule has 1 aromatic rings. The first-order chi connectivity index (χ1) is 9.03. The molecule has 0 fully saturated rings. The van der Waals surface area contributed by atoms with E-state index in [1.165, 1.54) is 0 Å². The Balaban J connectivity index is 3.16. The van der Waals surface area contributed by atoms with E-state index in [9.17, 15) is 0 Å². The summed E-state index contributed by atoms with van der Waals surface area (Å²) in [6.07, 6.45) is 0. The van der Waals surface area contributed by atoms with Gasteiger partial charge in [-0.05, 0) is 34.6 Å². The first kappa shape index (κ1) is 15.5. The second-order valence-corrected chi connectivity index (χ2v) is 4.67. The van der Waals surface area contributed by atoms with Crippen molar-refractivity contribution in [2.75, 3.05) is 41.8 Å². The second kappa shape index (κ2) is 7.11. The van der Waals surface area contributed by atoms with Crippen molar-refractivity contribution in [2.45, 2.75) is 40.7 Å². The van der Waals surface area contributed by atoms with E-state index in [0.717, 1.165) is 25.6 Å². The van der Waals surface area contributed by atoms with E-state index in [4.69, 9.17) is 0 Å². The zero-order valence-corrected chi connectivity index (χ0v) is 12.9. The maximum atomic E-state index is 4.57. The van der Waals surface area contributed by atoms with Gasteiger partial charge in [-0.25, -0.2) is 0 Å². The number of hydrogen-bond donors (Lipinski definition) is 1. The summed E-state index contributed by atoms with van der Waals surface area (Å²) >= 11 is 0. The average Bonchev–Trinajstić information content (AvgIpc) is 2.39. The third kappa shape index (κ3) is 3.94. The molecular weight excluding hydrogens is 240 g/mol. The van der Waals surface area contributed by atoms with Gasteiger partial charge in [-0.15, -0.1) is 0 Å². The third-order valence-electron chi connectivity index (χ3n) is 3.08. The summed E-state index contributed by atoms with van der Waals surface area (Å²) in [7, 11) is 2.00. The van der Waals surface area contributed by atoms with Crippen molar-refractivity contribution in [3.63, 3.8) is 0 Å². The largest absolute Gasteiger partial charge is 0.354 e. The molecule has 0 radical (unpaired) electrons. The van der Waals surface area contributed by atoms with Gasteiger partial charge in [0.25, 0.3) is 0 Å². The van der Waals surface area contributed by atoms with Gasteiger partial charge in [-0.3, -0.25) is 0 Å². The maximum Gasteiger partial charge on any atom is 0.231 e. The molecule has 0 bridgehead atoms. The number of nitrogens with zero attached hydrogens (tertiary/aromatic N) is 5. The molecule has 19 heavy (non-hydrogen) atoms. The van der Waals surface area contributed by atoms with Crippen LogP contribution in [0.1, 0.15) is 34.6 Å². The summed E-state index contributed by atoms with van der Waals surface area (Å²) in [5, 5.41) is 3.17. The molecular formula is C13H26N6. The molecule has 0 aliphatic carbocycles. The lowest BCUT2D eigenvalue weighted by Gasteiger charge is -2.24. The van der Waals surface area contributed by atoms with Crippen LogP contribution in [-0.4, -0.2) is 47.7 Å². The van der Waals surface area contributed by atoms with Crippen LogP contribution in [-0.2, 0) is 0 Å². The van der Waals surface area contributed by atoms with E-state index >= 15 is 0 Å². The Labute approximate surface area is 116 Å². The van der Waals surface area contributed by atoms with Crippen molar-refractivity contribution in [3.8, 4) is 0 Å². The minimum Gasteiger partial charge on any atom is -0.354 e. The van der Waals surface area contributed by atoms with Crippen LogP contribution in [0.5, 0.6) is 0 Å². The van der Waals surface area contributed by atoms with Crippen molar-refractivity contribution in [3.05, 3.63) is 0 Å². The molecule has 0 aliphatic rings. The van der Waals surface area contributed by atoms with Crippen molar-refractivity contribution < 1.29 is 0 Å². The Morgan fingerprint density at radius 1 is 1.00 bits per heavy atom. The Kier molecular flexibility index (Phi) is 5.79. The topological polar surface area (TPSA) is 57.2 Å². The van der Waals surface area contributed by atoms with Crippen molar-refractivity contribution in [2.24, 2.45) is 0 Å². The normalized spacial score (nSPS) is 10.7. The minimum absolute atomic E-state index is 0.349. The van der Waals surface area contributed by atoms with Crippen molar-refractivity contribution in [1.82, 2.24) is 15.0 Å². The van der Waals surface area contributed by atoms with Crippen LogP contribution < -0.4 is 15.1 Å². The summed E-state index contributed by atoms with van der Waals surface area (Å²) in [6, 6.07) is 0.349. The molecule has 0 spiro atoms. The third-order valence-corrected chi connectivity index (χ3v) is 3.08. The molecule has 6 heteroatoms. The molecule has 0 atom stereocenters. The monoisotopic (exact) mass is 266 g/mol. The van der Waals surface area contributed by atoms with Crippen molar-refractivity contribution in [1.29, 1.82) is 0 Å². The summed E-state index contributed by atoms with van der Waals surface area (Å²) < 4.78 is 0. The van der Waals surface area contributed by atoms with Gasteiger partial charge in [0.2, 0.25) is 17.8 Å². The highest BCUT2D eigenvalue weighted by atomic mass is 15.4. The minimum atomic E-state index is 0.349. The van der Waals surface area contributed by atoms with Gasteiger partial charge < -0.3 is 15.1 Å². The number of hydrogen-bond acceptors (Lipinski definition) is 6. The predicted molar refractivity (Wildman–Crippen MR) is 81.1 cm³/mol. The fourth-order valence-electron chi connectivity index (χ4n) is 1.63. The second-order valence-electron chi connectivity index (χ2n) is 4.67. The first-order valence-electron chi connectivity index (χ1n) is 7.01. The van der Waals surface area contributed by atoms with E-state index in [-0.39, 0.29) is 0 Å². The molecule has 0 amide bonds. The fraction of sp³-hybridized carbons (Fsp3) is 0.769. The molecule has 0 unspecified atom stereocenters. The van der Waals surface area contributed by atoms with Crippen LogP contribution in [0.3, 0.4) is 0 Å². The molecule has 0 aromatic carbocycles. The molecule has 108 valence electrons. The Morgan fingerprint density at radius 3 is 2.05 bits per heavy atom. The molecule has 0 aliphatic heterocycles. The van der Waals surface area contributed by atoms with E-state index in [2.05, 4.69) is 57.8 Å². The lowest BCUT2D eigenvalue weighted by atomic mass is 10.4. The van der Waals surface area contributed by atoms with Crippen molar-refractivity contribution >= 4 is 17.8 Å². The summed E-state index contributed by atoms with van der Waals surface area (Å²) in [6.45, 7) is 13.0. The van der Waals surface area contributed by atoms with Gasteiger partial charge in [0.1, 0.15) is 0 Å².